The fourth-order valence-corrected chi connectivity index (χ4v) is 3.20. The number of para-hydroxylation sites is 1. The van der Waals surface area contributed by atoms with Gasteiger partial charge < -0.3 is 4.42 Å². The zero-order chi connectivity index (χ0) is 16.0. The minimum absolute atomic E-state index is 0.906. The Morgan fingerprint density at radius 2 is 1.91 bits per heavy atom. The lowest BCUT2D eigenvalue weighted by Gasteiger charge is -2.05. The van der Waals surface area contributed by atoms with Crippen LogP contribution in [0.15, 0.2) is 53.2 Å². The zero-order valence-corrected chi connectivity index (χ0v) is 13.6. The molecule has 3 nitrogen and oxygen atoms in total. The van der Waals surface area contributed by atoms with Crippen molar-refractivity contribution in [3.05, 3.63) is 60.0 Å². The van der Waals surface area contributed by atoms with Crippen LogP contribution in [0.25, 0.3) is 33.2 Å². The number of aryl methyl sites for hydroxylation is 3. The molecule has 0 aliphatic carbocycles. The molecule has 0 unspecified atom stereocenters. The number of nitrogens with zero attached hydrogens (tertiary/aromatic N) is 2. The van der Waals surface area contributed by atoms with Gasteiger partial charge in [-0.05, 0) is 25.5 Å². The summed E-state index contributed by atoms with van der Waals surface area (Å²) in [6, 6.07) is 12.5. The molecule has 0 aliphatic rings. The average Bonchev–Trinajstić information content (AvgIpc) is 2.94. The molecule has 1 aromatic carbocycles. The predicted octanol–water partition coefficient (Wildman–Crippen LogP) is 4.34. The molecule has 0 amide bonds. The quantitative estimate of drug-likeness (QED) is 0.515. The highest BCUT2D eigenvalue weighted by molar-refractivity contribution is 6.08. The van der Waals surface area contributed by atoms with E-state index in [2.05, 4.69) is 47.9 Å². The molecule has 0 fully saturated rings. The zero-order valence-electron chi connectivity index (χ0n) is 13.6. The molecule has 0 atom stereocenters. The molecule has 0 aliphatic heterocycles. The van der Waals surface area contributed by atoms with Gasteiger partial charge in [0.05, 0.1) is 5.69 Å². The SMILES string of the molecule is CCc1ccc(-c2c(C)ncc3c2oc2ccccc23)[n+](C)c1. The van der Waals surface area contributed by atoms with Crippen LogP contribution >= 0.6 is 0 Å². The highest BCUT2D eigenvalue weighted by Gasteiger charge is 2.21. The van der Waals surface area contributed by atoms with Crippen molar-refractivity contribution in [2.75, 3.05) is 0 Å². The summed E-state index contributed by atoms with van der Waals surface area (Å²) in [5.74, 6) is 0. The van der Waals surface area contributed by atoms with Gasteiger partial charge in [0, 0.05) is 28.6 Å². The molecule has 3 heterocycles. The van der Waals surface area contributed by atoms with Gasteiger partial charge in [-0.25, -0.2) is 4.57 Å². The second-order valence-corrected chi connectivity index (χ2v) is 5.95. The molecule has 3 heteroatoms. The van der Waals surface area contributed by atoms with Gasteiger partial charge in [0.2, 0.25) is 5.69 Å². The Bertz CT molecular complexity index is 1030. The first kappa shape index (κ1) is 13.9. The summed E-state index contributed by atoms with van der Waals surface area (Å²) in [7, 11) is 2.08. The molecule has 0 spiro atoms. The van der Waals surface area contributed by atoms with Crippen LogP contribution in [0.5, 0.6) is 0 Å². The first-order valence-electron chi connectivity index (χ1n) is 7.95. The third-order valence-electron chi connectivity index (χ3n) is 4.47. The molecular formula is C20H19N2O+. The number of aromatic nitrogens is 2. The van der Waals surface area contributed by atoms with Crippen LogP contribution in [0.2, 0.25) is 0 Å². The molecule has 0 bridgehead atoms. The fourth-order valence-electron chi connectivity index (χ4n) is 3.20. The number of furan rings is 1. The molecule has 4 rings (SSSR count). The van der Waals surface area contributed by atoms with E-state index in [4.69, 9.17) is 4.42 Å². The van der Waals surface area contributed by atoms with Crippen LogP contribution in [-0.4, -0.2) is 4.98 Å². The van der Waals surface area contributed by atoms with Crippen molar-refractivity contribution in [1.29, 1.82) is 0 Å². The summed E-state index contributed by atoms with van der Waals surface area (Å²) in [6.45, 7) is 4.21. The minimum Gasteiger partial charge on any atom is -0.455 e. The van der Waals surface area contributed by atoms with E-state index in [1.54, 1.807) is 0 Å². The maximum atomic E-state index is 6.18. The van der Waals surface area contributed by atoms with E-state index in [0.717, 1.165) is 45.3 Å². The highest BCUT2D eigenvalue weighted by Crippen LogP contribution is 2.35. The second kappa shape index (κ2) is 5.20. The van der Waals surface area contributed by atoms with Gasteiger partial charge >= 0.3 is 0 Å². The fraction of sp³-hybridized carbons (Fsp3) is 0.200. The maximum absolute atomic E-state index is 6.18. The van der Waals surface area contributed by atoms with Crippen molar-refractivity contribution in [2.24, 2.45) is 7.05 Å². The summed E-state index contributed by atoms with van der Waals surface area (Å²) in [4.78, 5) is 4.62. The number of hydrogen-bond donors (Lipinski definition) is 0. The van der Waals surface area contributed by atoms with E-state index in [9.17, 15) is 0 Å². The van der Waals surface area contributed by atoms with Crippen molar-refractivity contribution in [2.45, 2.75) is 20.3 Å². The van der Waals surface area contributed by atoms with E-state index in [1.807, 2.05) is 31.3 Å². The van der Waals surface area contributed by atoms with Crippen molar-refractivity contribution in [1.82, 2.24) is 4.98 Å². The molecule has 0 N–H and O–H groups in total. The van der Waals surface area contributed by atoms with E-state index in [-0.39, 0.29) is 0 Å². The van der Waals surface area contributed by atoms with Crippen LogP contribution in [-0.2, 0) is 13.5 Å². The molecule has 23 heavy (non-hydrogen) atoms. The summed E-state index contributed by atoms with van der Waals surface area (Å²) >= 11 is 0. The highest BCUT2D eigenvalue weighted by atomic mass is 16.3. The average molecular weight is 303 g/mol. The lowest BCUT2D eigenvalue weighted by atomic mass is 10.0. The maximum Gasteiger partial charge on any atom is 0.217 e. The smallest absolute Gasteiger partial charge is 0.217 e. The number of fused-ring (bicyclic) bond motifs is 3. The Morgan fingerprint density at radius 1 is 1.09 bits per heavy atom. The van der Waals surface area contributed by atoms with Gasteiger partial charge in [0.25, 0.3) is 0 Å². The van der Waals surface area contributed by atoms with Gasteiger partial charge in [0.1, 0.15) is 18.2 Å². The molecule has 114 valence electrons. The summed E-state index contributed by atoms with van der Waals surface area (Å²) in [5, 5.41) is 2.19. The largest absolute Gasteiger partial charge is 0.455 e. The minimum atomic E-state index is 0.906. The summed E-state index contributed by atoms with van der Waals surface area (Å²) < 4.78 is 8.34. The van der Waals surface area contributed by atoms with Crippen LogP contribution in [0.1, 0.15) is 18.2 Å². The van der Waals surface area contributed by atoms with Gasteiger partial charge in [-0.1, -0.05) is 25.1 Å². The van der Waals surface area contributed by atoms with E-state index in [0.29, 0.717) is 0 Å². The lowest BCUT2D eigenvalue weighted by Crippen LogP contribution is -2.31. The molecule has 0 radical (unpaired) electrons. The Labute approximate surface area is 135 Å². The molecule has 0 saturated carbocycles. The van der Waals surface area contributed by atoms with Crippen LogP contribution in [0.4, 0.5) is 0 Å². The van der Waals surface area contributed by atoms with Crippen LogP contribution in [0.3, 0.4) is 0 Å². The van der Waals surface area contributed by atoms with Crippen LogP contribution in [0, 0.1) is 6.92 Å². The van der Waals surface area contributed by atoms with E-state index < -0.39 is 0 Å². The Balaban J connectivity index is 2.08. The Kier molecular flexibility index (Phi) is 3.15. The van der Waals surface area contributed by atoms with Crippen molar-refractivity contribution in [3.8, 4) is 11.3 Å². The first-order valence-corrected chi connectivity index (χ1v) is 7.95. The van der Waals surface area contributed by atoms with Crippen molar-refractivity contribution in [3.63, 3.8) is 0 Å². The molecular weight excluding hydrogens is 284 g/mol. The molecule has 3 aromatic heterocycles. The Morgan fingerprint density at radius 3 is 2.70 bits per heavy atom. The number of hydrogen-bond acceptors (Lipinski definition) is 2. The monoisotopic (exact) mass is 303 g/mol. The lowest BCUT2D eigenvalue weighted by molar-refractivity contribution is -0.660. The standard InChI is InChI=1S/C20H19N2O/c1-4-14-9-10-17(22(3)12-14)19-13(2)21-11-16-15-7-5-6-8-18(15)23-20(16)19/h5-12H,4H2,1-3H3/q+1. The third-order valence-corrected chi connectivity index (χ3v) is 4.47. The normalized spacial score (nSPS) is 11.4. The van der Waals surface area contributed by atoms with Crippen molar-refractivity contribution >= 4 is 21.9 Å². The number of pyridine rings is 2. The number of rotatable bonds is 2. The van der Waals surface area contributed by atoms with Gasteiger partial charge in [-0.3, -0.25) is 4.98 Å². The topological polar surface area (TPSA) is 29.9 Å². The number of benzene rings is 1. The van der Waals surface area contributed by atoms with Gasteiger partial charge in [-0.15, -0.1) is 0 Å². The summed E-state index contributed by atoms with van der Waals surface area (Å²) in [6.07, 6.45) is 5.12. The Hall–Kier alpha value is -2.68. The van der Waals surface area contributed by atoms with E-state index >= 15 is 0 Å². The van der Waals surface area contributed by atoms with Crippen LogP contribution < -0.4 is 4.57 Å². The summed E-state index contributed by atoms with van der Waals surface area (Å²) in [5.41, 5.74) is 6.32. The molecule has 0 saturated heterocycles. The molecule has 4 aromatic rings. The third kappa shape index (κ3) is 2.12. The van der Waals surface area contributed by atoms with E-state index in [1.165, 1.54) is 5.56 Å². The predicted molar refractivity (Wildman–Crippen MR) is 92.2 cm³/mol. The van der Waals surface area contributed by atoms with Gasteiger partial charge in [0.15, 0.2) is 11.8 Å². The van der Waals surface area contributed by atoms with Crippen molar-refractivity contribution < 1.29 is 8.98 Å². The first-order chi connectivity index (χ1) is 11.2. The second-order valence-electron chi connectivity index (χ2n) is 5.95. The van der Waals surface area contributed by atoms with Gasteiger partial charge in [-0.2, -0.15) is 0 Å².